The fourth-order valence-corrected chi connectivity index (χ4v) is 5.33. The van der Waals surface area contributed by atoms with Crippen LogP contribution in [0.2, 0.25) is 0 Å². The number of benzene rings is 2. The van der Waals surface area contributed by atoms with Gasteiger partial charge in [-0.25, -0.2) is 23.0 Å². The predicted molar refractivity (Wildman–Crippen MR) is 140 cm³/mol. The third kappa shape index (κ3) is 6.29. The number of alkyl halides is 1. The number of hydrogen-bond donors (Lipinski definition) is 4. The Kier molecular flexibility index (Phi) is 9.44. The summed E-state index contributed by atoms with van der Waals surface area (Å²) < 4.78 is 61.2. The van der Waals surface area contributed by atoms with Crippen molar-refractivity contribution in [3.05, 3.63) is 65.1 Å². The van der Waals surface area contributed by atoms with Crippen LogP contribution in [0, 0.1) is 22.9 Å². The van der Waals surface area contributed by atoms with E-state index in [4.69, 9.17) is 4.74 Å². The molecule has 0 spiro atoms. The molecule has 40 heavy (non-hydrogen) atoms. The monoisotopic (exact) mass is 564 g/mol. The maximum absolute atomic E-state index is 15.9. The first-order valence-electron chi connectivity index (χ1n) is 13.0. The van der Waals surface area contributed by atoms with Gasteiger partial charge in [-0.1, -0.05) is 0 Å². The third-order valence-electron chi connectivity index (χ3n) is 7.70. The molecule has 8 nitrogen and oxygen atoms in total. The zero-order valence-electron chi connectivity index (χ0n) is 22.0. The molecule has 216 valence electrons. The van der Waals surface area contributed by atoms with Gasteiger partial charge in [0.25, 0.3) is 0 Å². The van der Waals surface area contributed by atoms with E-state index in [-0.39, 0.29) is 18.5 Å². The number of amides is 1. The quantitative estimate of drug-likeness (QED) is 0.116. The first kappa shape index (κ1) is 29.5. The highest BCUT2D eigenvalue weighted by atomic mass is 19.2. The topological polar surface area (TPSA) is 107 Å². The van der Waals surface area contributed by atoms with Crippen LogP contribution in [0.1, 0.15) is 43.0 Å². The zero-order chi connectivity index (χ0) is 28.9. The number of methoxy groups -OCH3 is 1. The summed E-state index contributed by atoms with van der Waals surface area (Å²) in [6.45, 7) is 1.33. The normalized spacial score (nSPS) is 16.1. The number of nitrogens with zero attached hydrogens (tertiary/aromatic N) is 2. The molecule has 0 saturated carbocycles. The summed E-state index contributed by atoms with van der Waals surface area (Å²) in [5.41, 5.74) is 2.03. The lowest BCUT2D eigenvalue weighted by molar-refractivity contribution is -0.143. The van der Waals surface area contributed by atoms with Crippen LogP contribution in [-0.2, 0) is 11.4 Å². The Morgan fingerprint density at radius 2 is 1.88 bits per heavy atom. The van der Waals surface area contributed by atoms with Gasteiger partial charge in [-0.05, 0) is 57.0 Å². The lowest BCUT2D eigenvalue weighted by Gasteiger charge is -2.40. The van der Waals surface area contributed by atoms with Crippen LogP contribution < -0.4 is 15.5 Å². The summed E-state index contributed by atoms with van der Waals surface area (Å²) in [5.74, 6) is -4.16. The van der Waals surface area contributed by atoms with Gasteiger partial charge in [0.1, 0.15) is 11.9 Å². The van der Waals surface area contributed by atoms with Crippen molar-refractivity contribution < 1.29 is 37.4 Å². The Bertz CT molecular complexity index is 1320. The second kappa shape index (κ2) is 12.8. The van der Waals surface area contributed by atoms with Crippen LogP contribution >= 0.6 is 0 Å². The molecule has 0 unspecified atom stereocenters. The minimum Gasteiger partial charge on any atom is -0.497 e. The van der Waals surface area contributed by atoms with Crippen LogP contribution in [-0.4, -0.2) is 59.4 Å². The maximum Gasteiger partial charge on any atom is 0.249 e. The molecular formula is C28H32F4N4O4. The van der Waals surface area contributed by atoms with Gasteiger partial charge >= 0.3 is 0 Å². The van der Waals surface area contributed by atoms with Crippen molar-refractivity contribution >= 4 is 22.5 Å². The number of nitrogens with one attached hydrogen (secondary N) is 2. The van der Waals surface area contributed by atoms with Crippen molar-refractivity contribution in [2.75, 3.05) is 38.6 Å². The van der Waals surface area contributed by atoms with Gasteiger partial charge in [0.2, 0.25) is 5.91 Å². The van der Waals surface area contributed by atoms with Gasteiger partial charge in [-0.15, -0.1) is 0 Å². The molecule has 1 amide bonds. The summed E-state index contributed by atoms with van der Waals surface area (Å²) in [7, 11) is 1.50. The van der Waals surface area contributed by atoms with E-state index in [9.17, 15) is 28.3 Å². The van der Waals surface area contributed by atoms with Gasteiger partial charge < -0.3 is 20.1 Å². The largest absolute Gasteiger partial charge is 0.497 e. The number of aliphatic hydroxyl groups excluding tert-OH is 1. The maximum atomic E-state index is 15.9. The van der Waals surface area contributed by atoms with Crippen LogP contribution in [0.3, 0.4) is 0 Å². The summed E-state index contributed by atoms with van der Waals surface area (Å²) in [6.07, 6.45) is 0.753. The Morgan fingerprint density at radius 1 is 1.18 bits per heavy atom. The smallest absolute Gasteiger partial charge is 0.249 e. The van der Waals surface area contributed by atoms with Crippen molar-refractivity contribution in [1.29, 1.82) is 0 Å². The molecule has 1 aromatic heterocycles. The van der Waals surface area contributed by atoms with Crippen LogP contribution in [0.5, 0.6) is 5.75 Å². The standard InChI is InChI=1S/C28H32F4N4O4/c1-40-19-2-3-24-20(14-19)25(17(16-37)15-34-24)21(29)4-5-28(27(38)35-39)6-9-36(10-7-28)11-8-33-18-12-22(30)26(32)23(31)13-18/h2-3,12-15,21,33,37,39H,4-11,16H2,1H3,(H,35,38)/t21-/m1/s1. The molecular weight excluding hydrogens is 532 g/mol. The van der Waals surface area contributed by atoms with Gasteiger partial charge in [-0.2, -0.15) is 0 Å². The van der Waals surface area contributed by atoms with E-state index in [1.807, 2.05) is 4.90 Å². The number of pyridine rings is 1. The van der Waals surface area contributed by atoms with Crippen LogP contribution in [0.25, 0.3) is 10.9 Å². The lowest BCUT2D eigenvalue weighted by Crippen LogP contribution is -2.49. The number of halogens is 4. The highest BCUT2D eigenvalue weighted by molar-refractivity contribution is 5.85. The Morgan fingerprint density at radius 3 is 2.50 bits per heavy atom. The van der Waals surface area contributed by atoms with E-state index in [0.717, 1.165) is 12.1 Å². The van der Waals surface area contributed by atoms with E-state index >= 15 is 4.39 Å². The Hall–Kier alpha value is -3.48. The summed E-state index contributed by atoms with van der Waals surface area (Å²) in [5, 5.41) is 22.7. The molecule has 12 heteroatoms. The van der Waals surface area contributed by atoms with Crippen molar-refractivity contribution in [2.24, 2.45) is 5.41 Å². The highest BCUT2D eigenvalue weighted by Gasteiger charge is 2.41. The van der Waals surface area contributed by atoms with E-state index in [2.05, 4.69) is 10.3 Å². The average molecular weight is 565 g/mol. The number of aromatic nitrogens is 1. The first-order valence-corrected chi connectivity index (χ1v) is 13.0. The number of ether oxygens (including phenoxy) is 1. The zero-order valence-corrected chi connectivity index (χ0v) is 22.0. The number of rotatable bonds is 11. The number of likely N-dealkylation sites (tertiary alicyclic amines) is 1. The van der Waals surface area contributed by atoms with Gasteiger partial charge in [0, 0.05) is 53.6 Å². The van der Waals surface area contributed by atoms with E-state index in [1.165, 1.54) is 13.3 Å². The third-order valence-corrected chi connectivity index (χ3v) is 7.70. The number of carbonyl (C=O) groups is 1. The van der Waals surface area contributed by atoms with Crippen molar-refractivity contribution in [3.8, 4) is 5.75 Å². The van der Waals surface area contributed by atoms with Gasteiger partial charge in [-0.3, -0.25) is 15.0 Å². The number of hydroxylamine groups is 1. The van der Waals surface area contributed by atoms with Crippen LogP contribution in [0.15, 0.2) is 36.5 Å². The molecule has 1 aliphatic rings. The number of anilines is 1. The molecule has 1 saturated heterocycles. The fourth-order valence-electron chi connectivity index (χ4n) is 5.33. The summed E-state index contributed by atoms with van der Waals surface area (Å²) in [6, 6.07) is 6.84. The van der Waals surface area contributed by atoms with E-state index < -0.39 is 41.6 Å². The second-order valence-corrected chi connectivity index (χ2v) is 9.99. The lowest BCUT2D eigenvalue weighted by atomic mass is 9.73. The minimum absolute atomic E-state index is 0.0278. The van der Waals surface area contributed by atoms with Crippen molar-refractivity contribution in [2.45, 2.75) is 38.5 Å². The fraction of sp³-hybridized carbons (Fsp3) is 0.429. The number of fused-ring (bicyclic) bond motifs is 1. The molecule has 1 aliphatic heterocycles. The molecule has 1 fully saturated rings. The number of carbonyl (C=O) groups excluding carboxylic acids is 1. The second-order valence-electron chi connectivity index (χ2n) is 9.99. The van der Waals surface area contributed by atoms with Gasteiger partial charge in [0.15, 0.2) is 17.5 Å². The molecule has 2 aromatic carbocycles. The Balaban J connectivity index is 1.41. The Labute approximate surface area is 228 Å². The molecule has 4 rings (SSSR count). The predicted octanol–water partition coefficient (Wildman–Crippen LogP) is 4.64. The summed E-state index contributed by atoms with van der Waals surface area (Å²) in [4.78, 5) is 19.1. The molecule has 0 bridgehead atoms. The molecule has 0 aliphatic carbocycles. The SMILES string of the molecule is COc1ccc2ncc(CO)c([C@H](F)CCC3(C(=O)NO)CCN(CCNc4cc(F)c(F)c(F)c4)CC3)c2c1. The molecule has 4 N–H and O–H groups in total. The highest BCUT2D eigenvalue weighted by Crippen LogP contribution is 2.41. The number of hydrogen-bond acceptors (Lipinski definition) is 7. The van der Waals surface area contributed by atoms with Crippen molar-refractivity contribution in [3.63, 3.8) is 0 Å². The molecule has 3 aromatic rings. The molecule has 1 atom stereocenters. The molecule has 0 radical (unpaired) electrons. The van der Waals surface area contributed by atoms with Crippen LogP contribution in [0.4, 0.5) is 23.2 Å². The van der Waals surface area contributed by atoms with E-state index in [1.54, 1.807) is 23.7 Å². The number of aliphatic hydroxyl groups is 1. The first-order chi connectivity index (χ1) is 19.2. The van der Waals surface area contributed by atoms with E-state index in [0.29, 0.717) is 66.8 Å². The van der Waals surface area contributed by atoms with Crippen molar-refractivity contribution in [1.82, 2.24) is 15.4 Å². The van der Waals surface area contributed by atoms with Gasteiger partial charge in [0.05, 0.1) is 24.6 Å². The molecule has 2 heterocycles. The average Bonchev–Trinajstić information content (AvgIpc) is 2.97. The minimum atomic E-state index is -1.53. The number of piperidine rings is 1. The summed E-state index contributed by atoms with van der Waals surface area (Å²) >= 11 is 0.